The number of nitrogen functional groups attached to an aromatic ring is 1. The molecule has 1 heterocycles. The number of anilines is 2. The zero-order valence-electron chi connectivity index (χ0n) is 10.4. The van der Waals surface area contributed by atoms with E-state index in [0.29, 0.717) is 0 Å². The van der Waals surface area contributed by atoms with Gasteiger partial charge in [0.15, 0.2) is 0 Å². The summed E-state index contributed by atoms with van der Waals surface area (Å²) in [6, 6.07) is 5.98. The molecule has 1 fully saturated rings. The number of carbonyl (C=O) groups excluding carboxylic acids is 1. The Morgan fingerprint density at radius 3 is 2.47 bits per heavy atom. The summed E-state index contributed by atoms with van der Waals surface area (Å²) in [5, 5.41) is 0. The second-order valence-electron chi connectivity index (χ2n) is 4.54. The molecule has 0 bridgehead atoms. The van der Waals surface area contributed by atoms with Crippen LogP contribution in [0.25, 0.3) is 0 Å². The number of rotatable bonds is 1. The predicted octanol–water partition coefficient (Wildman–Crippen LogP) is 1.25. The van der Waals surface area contributed by atoms with Gasteiger partial charge < -0.3 is 15.5 Å². The number of benzene rings is 1. The fraction of sp³-hybridized carbons (Fsp3) is 0.462. The minimum absolute atomic E-state index is 0.161. The van der Waals surface area contributed by atoms with Crippen LogP contribution in [0.4, 0.5) is 11.4 Å². The van der Waals surface area contributed by atoms with E-state index in [1.807, 2.05) is 23.1 Å². The molecule has 4 heteroatoms. The third-order valence-electron chi connectivity index (χ3n) is 3.30. The molecular formula is C13H19N3O. The van der Waals surface area contributed by atoms with E-state index >= 15 is 0 Å². The predicted molar refractivity (Wildman–Crippen MR) is 70.1 cm³/mol. The Morgan fingerprint density at radius 2 is 1.88 bits per heavy atom. The molecule has 0 spiro atoms. The number of carbonyl (C=O) groups is 1. The third kappa shape index (κ3) is 2.52. The summed E-state index contributed by atoms with van der Waals surface area (Å²) in [4.78, 5) is 15.4. The van der Waals surface area contributed by atoms with Crippen molar-refractivity contribution in [2.24, 2.45) is 0 Å². The first kappa shape index (κ1) is 11.8. The smallest absolute Gasteiger partial charge is 0.219 e. The van der Waals surface area contributed by atoms with Crippen LogP contribution in [-0.4, -0.2) is 37.0 Å². The summed E-state index contributed by atoms with van der Waals surface area (Å²) in [6.07, 6.45) is 0. The van der Waals surface area contributed by atoms with Crippen LogP contribution in [-0.2, 0) is 4.79 Å². The van der Waals surface area contributed by atoms with Crippen molar-refractivity contribution in [3.8, 4) is 0 Å². The maximum atomic E-state index is 11.3. The Hall–Kier alpha value is -1.71. The van der Waals surface area contributed by atoms with E-state index < -0.39 is 0 Å². The average Bonchev–Trinajstić information content (AvgIpc) is 2.32. The van der Waals surface area contributed by atoms with Crippen LogP contribution < -0.4 is 10.6 Å². The number of amides is 1. The van der Waals surface area contributed by atoms with Gasteiger partial charge in [-0.05, 0) is 24.6 Å². The van der Waals surface area contributed by atoms with Crippen LogP contribution in [0, 0.1) is 6.92 Å². The second kappa shape index (κ2) is 4.65. The van der Waals surface area contributed by atoms with E-state index in [9.17, 15) is 4.79 Å². The van der Waals surface area contributed by atoms with Gasteiger partial charge in [0.25, 0.3) is 0 Å². The Bertz CT molecular complexity index is 423. The second-order valence-corrected chi connectivity index (χ2v) is 4.54. The molecule has 0 unspecified atom stereocenters. The minimum atomic E-state index is 0.161. The fourth-order valence-corrected chi connectivity index (χ4v) is 2.23. The van der Waals surface area contributed by atoms with Crippen molar-refractivity contribution in [1.29, 1.82) is 0 Å². The monoisotopic (exact) mass is 233 g/mol. The van der Waals surface area contributed by atoms with Gasteiger partial charge in [0.2, 0.25) is 5.91 Å². The van der Waals surface area contributed by atoms with E-state index in [4.69, 9.17) is 5.73 Å². The number of nitrogens with two attached hydrogens (primary N) is 1. The quantitative estimate of drug-likeness (QED) is 0.743. The zero-order valence-corrected chi connectivity index (χ0v) is 10.4. The van der Waals surface area contributed by atoms with Gasteiger partial charge in [-0.25, -0.2) is 0 Å². The Morgan fingerprint density at radius 1 is 1.24 bits per heavy atom. The first-order valence-electron chi connectivity index (χ1n) is 5.94. The molecule has 1 aliphatic heterocycles. The van der Waals surface area contributed by atoms with E-state index in [0.717, 1.165) is 31.9 Å². The van der Waals surface area contributed by atoms with Gasteiger partial charge in [0, 0.05) is 44.5 Å². The standard InChI is InChI=1S/C13H19N3O/c1-10-3-4-12(14)9-13(10)16-7-5-15(6-8-16)11(2)17/h3-4,9H,5-8,14H2,1-2H3. The van der Waals surface area contributed by atoms with Crippen LogP contribution in [0.1, 0.15) is 12.5 Å². The van der Waals surface area contributed by atoms with Crippen molar-refractivity contribution >= 4 is 17.3 Å². The first-order chi connectivity index (χ1) is 8.08. The topological polar surface area (TPSA) is 49.6 Å². The summed E-state index contributed by atoms with van der Waals surface area (Å²) >= 11 is 0. The van der Waals surface area contributed by atoms with Crippen LogP contribution in [0.5, 0.6) is 0 Å². The van der Waals surface area contributed by atoms with Crippen molar-refractivity contribution in [2.45, 2.75) is 13.8 Å². The molecule has 1 aromatic rings. The Labute approximate surface area is 102 Å². The Balaban J connectivity index is 2.10. The molecule has 2 rings (SSSR count). The molecule has 2 N–H and O–H groups in total. The molecule has 17 heavy (non-hydrogen) atoms. The number of hydrogen-bond acceptors (Lipinski definition) is 3. The lowest BCUT2D eigenvalue weighted by molar-refractivity contribution is -0.129. The lowest BCUT2D eigenvalue weighted by Gasteiger charge is -2.36. The number of nitrogens with zero attached hydrogens (tertiary/aromatic N) is 2. The van der Waals surface area contributed by atoms with Crippen LogP contribution in [0.2, 0.25) is 0 Å². The van der Waals surface area contributed by atoms with Crippen molar-refractivity contribution in [3.63, 3.8) is 0 Å². The highest BCUT2D eigenvalue weighted by Crippen LogP contribution is 2.23. The summed E-state index contributed by atoms with van der Waals surface area (Å²) in [7, 11) is 0. The molecule has 0 radical (unpaired) electrons. The van der Waals surface area contributed by atoms with Crippen molar-refractivity contribution in [1.82, 2.24) is 4.90 Å². The lowest BCUT2D eigenvalue weighted by Crippen LogP contribution is -2.48. The molecule has 0 atom stereocenters. The molecule has 92 valence electrons. The van der Waals surface area contributed by atoms with Crippen LogP contribution >= 0.6 is 0 Å². The highest BCUT2D eigenvalue weighted by molar-refractivity contribution is 5.73. The van der Waals surface area contributed by atoms with Gasteiger partial charge in [0.05, 0.1) is 0 Å². The number of piperazine rings is 1. The molecule has 1 aliphatic rings. The molecule has 0 aromatic heterocycles. The summed E-state index contributed by atoms with van der Waals surface area (Å²) in [5.41, 5.74) is 9.03. The summed E-state index contributed by atoms with van der Waals surface area (Å²) in [5.74, 6) is 0.161. The van der Waals surface area contributed by atoms with E-state index in [2.05, 4.69) is 11.8 Å². The highest BCUT2D eigenvalue weighted by Gasteiger charge is 2.19. The molecule has 1 saturated heterocycles. The zero-order chi connectivity index (χ0) is 12.4. The number of hydrogen-bond donors (Lipinski definition) is 1. The molecule has 1 amide bonds. The van der Waals surface area contributed by atoms with Crippen molar-refractivity contribution in [3.05, 3.63) is 23.8 Å². The summed E-state index contributed by atoms with van der Waals surface area (Å²) < 4.78 is 0. The van der Waals surface area contributed by atoms with Crippen LogP contribution in [0.15, 0.2) is 18.2 Å². The van der Waals surface area contributed by atoms with Gasteiger partial charge in [0.1, 0.15) is 0 Å². The fourth-order valence-electron chi connectivity index (χ4n) is 2.23. The lowest BCUT2D eigenvalue weighted by atomic mass is 10.1. The largest absolute Gasteiger partial charge is 0.399 e. The maximum Gasteiger partial charge on any atom is 0.219 e. The Kier molecular flexibility index (Phi) is 3.22. The van der Waals surface area contributed by atoms with Crippen molar-refractivity contribution in [2.75, 3.05) is 36.8 Å². The molecular weight excluding hydrogens is 214 g/mol. The number of aryl methyl sites for hydroxylation is 1. The van der Waals surface area contributed by atoms with Gasteiger partial charge in [-0.3, -0.25) is 4.79 Å². The van der Waals surface area contributed by atoms with Gasteiger partial charge in [-0.15, -0.1) is 0 Å². The van der Waals surface area contributed by atoms with Crippen molar-refractivity contribution < 1.29 is 4.79 Å². The van der Waals surface area contributed by atoms with E-state index in [1.54, 1.807) is 6.92 Å². The first-order valence-corrected chi connectivity index (χ1v) is 5.94. The average molecular weight is 233 g/mol. The molecule has 1 aromatic carbocycles. The molecule has 0 aliphatic carbocycles. The highest BCUT2D eigenvalue weighted by atomic mass is 16.2. The summed E-state index contributed by atoms with van der Waals surface area (Å²) in [6.45, 7) is 7.06. The van der Waals surface area contributed by atoms with Gasteiger partial charge in [-0.1, -0.05) is 6.07 Å². The van der Waals surface area contributed by atoms with Crippen LogP contribution in [0.3, 0.4) is 0 Å². The van der Waals surface area contributed by atoms with Gasteiger partial charge in [-0.2, -0.15) is 0 Å². The van der Waals surface area contributed by atoms with E-state index in [1.165, 1.54) is 11.3 Å². The minimum Gasteiger partial charge on any atom is -0.399 e. The SMILES string of the molecule is CC(=O)N1CCN(c2cc(N)ccc2C)CC1. The normalized spacial score (nSPS) is 16.1. The maximum absolute atomic E-state index is 11.3. The molecule has 4 nitrogen and oxygen atoms in total. The molecule has 0 saturated carbocycles. The van der Waals surface area contributed by atoms with E-state index in [-0.39, 0.29) is 5.91 Å². The van der Waals surface area contributed by atoms with Gasteiger partial charge >= 0.3 is 0 Å². The third-order valence-corrected chi connectivity index (χ3v) is 3.30.